The van der Waals surface area contributed by atoms with E-state index in [1.807, 2.05) is 0 Å². The molecule has 0 aromatic heterocycles. The Morgan fingerprint density at radius 1 is 1.06 bits per heavy atom. The van der Waals surface area contributed by atoms with Gasteiger partial charge in [-0.2, -0.15) is 0 Å². The molecule has 2 aliphatic rings. The molecule has 2 nitrogen and oxygen atoms in total. The maximum atomic E-state index is 6.27. The molecular weight excluding hydrogens is 220 g/mol. The van der Waals surface area contributed by atoms with Crippen molar-refractivity contribution in [3.8, 4) is 0 Å². The van der Waals surface area contributed by atoms with Crippen LogP contribution < -0.4 is 5.73 Å². The molecule has 1 aliphatic carbocycles. The summed E-state index contributed by atoms with van der Waals surface area (Å²) in [5.41, 5.74) is 6.57. The van der Waals surface area contributed by atoms with E-state index >= 15 is 0 Å². The predicted molar refractivity (Wildman–Crippen MR) is 78.6 cm³/mol. The predicted octanol–water partition coefficient (Wildman–Crippen LogP) is 3.26. The first kappa shape index (κ1) is 14.3. The normalized spacial score (nSPS) is 43.7. The van der Waals surface area contributed by atoms with Gasteiger partial charge in [-0.15, -0.1) is 0 Å². The van der Waals surface area contributed by atoms with E-state index in [0.717, 1.165) is 24.3 Å². The fourth-order valence-electron chi connectivity index (χ4n) is 4.31. The summed E-state index contributed by atoms with van der Waals surface area (Å²) < 4.78 is 0. The minimum absolute atomic E-state index is 0.307. The minimum Gasteiger partial charge on any atom is -0.329 e. The van der Waals surface area contributed by atoms with Gasteiger partial charge in [-0.3, -0.25) is 4.90 Å². The number of hydrogen-bond donors (Lipinski definition) is 1. The lowest BCUT2D eigenvalue weighted by atomic mass is 9.67. The van der Waals surface area contributed by atoms with Crippen molar-refractivity contribution in [1.82, 2.24) is 4.90 Å². The van der Waals surface area contributed by atoms with Gasteiger partial charge in [-0.05, 0) is 56.5 Å². The van der Waals surface area contributed by atoms with E-state index in [1.54, 1.807) is 0 Å². The third-order valence-electron chi connectivity index (χ3n) is 5.97. The lowest BCUT2D eigenvalue weighted by Gasteiger charge is -2.52. The molecule has 0 aromatic carbocycles. The molecule has 0 radical (unpaired) electrons. The average Bonchev–Trinajstić information content (AvgIpc) is 2.58. The zero-order chi connectivity index (χ0) is 13.2. The minimum atomic E-state index is 0.307. The van der Waals surface area contributed by atoms with E-state index in [-0.39, 0.29) is 0 Å². The van der Waals surface area contributed by atoms with E-state index < -0.39 is 0 Å². The number of nitrogens with zero attached hydrogens (tertiary/aromatic N) is 1. The van der Waals surface area contributed by atoms with Crippen LogP contribution in [0, 0.1) is 17.8 Å². The second-order valence-corrected chi connectivity index (χ2v) is 6.99. The van der Waals surface area contributed by atoms with Gasteiger partial charge in [-0.25, -0.2) is 0 Å². The van der Waals surface area contributed by atoms with Crippen molar-refractivity contribution in [2.45, 2.75) is 64.8 Å². The average molecular weight is 252 g/mol. The summed E-state index contributed by atoms with van der Waals surface area (Å²) in [5.74, 6) is 2.49. The van der Waals surface area contributed by atoms with Crippen LogP contribution in [0.25, 0.3) is 0 Å². The van der Waals surface area contributed by atoms with E-state index in [0.29, 0.717) is 5.54 Å². The van der Waals surface area contributed by atoms with Crippen molar-refractivity contribution in [2.75, 3.05) is 19.6 Å². The molecule has 0 spiro atoms. The topological polar surface area (TPSA) is 29.3 Å². The highest BCUT2D eigenvalue weighted by molar-refractivity contribution is 5.00. The Morgan fingerprint density at radius 2 is 1.83 bits per heavy atom. The standard InChI is InChI=1S/C16H32N2/c1-13-6-5-10-18(11-8-13)16(12-17)9-4-7-14(2)15(16)3/h13-15H,4-12,17H2,1-3H3. The Bertz CT molecular complexity index is 266. The van der Waals surface area contributed by atoms with Gasteiger partial charge in [0.05, 0.1) is 0 Å². The zero-order valence-corrected chi connectivity index (χ0v) is 12.6. The summed E-state index contributed by atoms with van der Waals surface area (Å²) in [6.07, 6.45) is 8.22. The van der Waals surface area contributed by atoms with Crippen LogP contribution in [0.15, 0.2) is 0 Å². The second-order valence-electron chi connectivity index (χ2n) is 6.99. The molecule has 2 rings (SSSR count). The molecule has 1 saturated heterocycles. The van der Waals surface area contributed by atoms with Gasteiger partial charge in [0.2, 0.25) is 0 Å². The van der Waals surface area contributed by atoms with Crippen LogP contribution in [0.1, 0.15) is 59.3 Å². The molecule has 0 amide bonds. The first-order valence-corrected chi connectivity index (χ1v) is 8.05. The lowest BCUT2D eigenvalue weighted by molar-refractivity contribution is -0.00927. The van der Waals surface area contributed by atoms with Gasteiger partial charge in [0.1, 0.15) is 0 Å². The Morgan fingerprint density at radius 3 is 2.56 bits per heavy atom. The number of hydrogen-bond acceptors (Lipinski definition) is 2. The van der Waals surface area contributed by atoms with Crippen LogP contribution in [0.5, 0.6) is 0 Å². The summed E-state index contributed by atoms with van der Waals surface area (Å²) in [6, 6.07) is 0. The molecule has 1 heterocycles. The van der Waals surface area contributed by atoms with Crippen LogP contribution in [-0.2, 0) is 0 Å². The van der Waals surface area contributed by atoms with Gasteiger partial charge < -0.3 is 5.73 Å². The third-order valence-corrected chi connectivity index (χ3v) is 5.97. The first-order valence-electron chi connectivity index (χ1n) is 8.05. The highest BCUT2D eigenvalue weighted by Crippen LogP contribution is 2.42. The van der Waals surface area contributed by atoms with Crippen molar-refractivity contribution in [3.05, 3.63) is 0 Å². The van der Waals surface area contributed by atoms with Crippen molar-refractivity contribution in [3.63, 3.8) is 0 Å². The SMILES string of the molecule is CC1CCCN(C2(CN)CCCC(C)C2C)CC1. The van der Waals surface area contributed by atoms with Gasteiger partial charge in [0, 0.05) is 12.1 Å². The summed E-state index contributed by atoms with van der Waals surface area (Å²) in [6.45, 7) is 10.7. The fraction of sp³-hybridized carbons (Fsp3) is 1.00. The van der Waals surface area contributed by atoms with Gasteiger partial charge in [0.25, 0.3) is 0 Å². The Balaban J connectivity index is 2.14. The molecule has 1 aliphatic heterocycles. The quantitative estimate of drug-likeness (QED) is 0.817. The molecule has 2 heteroatoms. The van der Waals surface area contributed by atoms with E-state index in [9.17, 15) is 0 Å². The number of nitrogens with two attached hydrogens (primary N) is 1. The molecule has 0 aromatic rings. The summed E-state index contributed by atoms with van der Waals surface area (Å²) in [5, 5.41) is 0. The largest absolute Gasteiger partial charge is 0.329 e. The number of likely N-dealkylation sites (tertiary alicyclic amines) is 1. The van der Waals surface area contributed by atoms with E-state index in [2.05, 4.69) is 25.7 Å². The first-order chi connectivity index (χ1) is 8.60. The van der Waals surface area contributed by atoms with E-state index in [1.165, 1.54) is 51.6 Å². The van der Waals surface area contributed by atoms with Crippen LogP contribution in [0.4, 0.5) is 0 Å². The molecule has 106 valence electrons. The summed E-state index contributed by atoms with van der Waals surface area (Å²) in [4.78, 5) is 2.77. The monoisotopic (exact) mass is 252 g/mol. The maximum absolute atomic E-state index is 6.27. The summed E-state index contributed by atoms with van der Waals surface area (Å²) >= 11 is 0. The lowest BCUT2D eigenvalue weighted by Crippen LogP contribution is -2.61. The maximum Gasteiger partial charge on any atom is 0.0359 e. The smallest absolute Gasteiger partial charge is 0.0359 e. The summed E-state index contributed by atoms with van der Waals surface area (Å²) in [7, 11) is 0. The Hall–Kier alpha value is -0.0800. The number of rotatable bonds is 2. The third kappa shape index (κ3) is 2.60. The van der Waals surface area contributed by atoms with Crippen LogP contribution in [0.3, 0.4) is 0 Å². The molecule has 4 unspecified atom stereocenters. The Labute approximate surface area is 113 Å². The van der Waals surface area contributed by atoms with Crippen LogP contribution in [-0.4, -0.2) is 30.1 Å². The molecule has 2 N–H and O–H groups in total. The molecule has 4 atom stereocenters. The highest BCUT2D eigenvalue weighted by atomic mass is 15.2. The molecular formula is C16H32N2. The molecule has 18 heavy (non-hydrogen) atoms. The molecule has 0 bridgehead atoms. The molecule has 2 fully saturated rings. The van der Waals surface area contributed by atoms with Crippen molar-refractivity contribution >= 4 is 0 Å². The highest BCUT2D eigenvalue weighted by Gasteiger charge is 2.44. The van der Waals surface area contributed by atoms with Gasteiger partial charge in [-0.1, -0.05) is 33.6 Å². The van der Waals surface area contributed by atoms with E-state index in [4.69, 9.17) is 5.73 Å². The molecule has 1 saturated carbocycles. The van der Waals surface area contributed by atoms with Gasteiger partial charge in [0.15, 0.2) is 0 Å². The van der Waals surface area contributed by atoms with Crippen molar-refractivity contribution in [2.24, 2.45) is 23.5 Å². The van der Waals surface area contributed by atoms with Crippen molar-refractivity contribution < 1.29 is 0 Å². The second kappa shape index (κ2) is 5.92. The van der Waals surface area contributed by atoms with Crippen LogP contribution >= 0.6 is 0 Å². The Kier molecular flexibility index (Phi) is 4.71. The zero-order valence-electron chi connectivity index (χ0n) is 12.6. The van der Waals surface area contributed by atoms with Crippen LogP contribution in [0.2, 0.25) is 0 Å². The fourth-order valence-corrected chi connectivity index (χ4v) is 4.31. The van der Waals surface area contributed by atoms with Crippen molar-refractivity contribution in [1.29, 1.82) is 0 Å². The van der Waals surface area contributed by atoms with Gasteiger partial charge >= 0.3 is 0 Å².